The second kappa shape index (κ2) is 9.09. The lowest BCUT2D eigenvalue weighted by Gasteiger charge is -2.11. The van der Waals surface area contributed by atoms with Crippen LogP contribution in [-0.4, -0.2) is 22.2 Å². The average Bonchev–Trinajstić information content (AvgIpc) is 3.20. The van der Waals surface area contributed by atoms with Gasteiger partial charge in [0.25, 0.3) is 5.91 Å². The maximum Gasteiger partial charge on any atom is 0.264 e. The molecule has 0 bridgehead atoms. The Balaban J connectivity index is 1.61. The second-order valence-electron chi connectivity index (χ2n) is 7.92. The van der Waals surface area contributed by atoms with Gasteiger partial charge in [-0.15, -0.1) is 0 Å². The molecule has 0 saturated carbocycles. The van der Waals surface area contributed by atoms with Crippen molar-refractivity contribution in [3.8, 4) is 11.4 Å². The van der Waals surface area contributed by atoms with Crippen molar-refractivity contribution in [2.45, 2.75) is 34.6 Å². The molecule has 1 fully saturated rings. The first-order chi connectivity index (χ1) is 15.3. The van der Waals surface area contributed by atoms with Gasteiger partial charge in [-0.1, -0.05) is 6.07 Å². The number of aryl methyl sites for hydroxylation is 3. The summed E-state index contributed by atoms with van der Waals surface area (Å²) in [7, 11) is 0. The molecule has 32 heavy (non-hydrogen) atoms. The van der Waals surface area contributed by atoms with Crippen molar-refractivity contribution in [2.75, 3.05) is 6.61 Å². The summed E-state index contributed by atoms with van der Waals surface area (Å²) in [5.74, 6) is 0.736. The highest BCUT2D eigenvalue weighted by molar-refractivity contribution is 8.18. The molecule has 0 aliphatic carbocycles. The van der Waals surface area contributed by atoms with Crippen molar-refractivity contribution in [3.05, 3.63) is 81.5 Å². The van der Waals surface area contributed by atoms with Crippen LogP contribution in [0.5, 0.6) is 5.75 Å². The van der Waals surface area contributed by atoms with Gasteiger partial charge in [0, 0.05) is 17.1 Å². The van der Waals surface area contributed by atoms with E-state index >= 15 is 0 Å². The minimum Gasteiger partial charge on any atom is -0.494 e. The molecule has 164 valence electrons. The third-order valence-electron chi connectivity index (χ3n) is 5.25. The Labute approximate surface area is 193 Å². The highest BCUT2D eigenvalue weighted by atomic mass is 32.2. The van der Waals surface area contributed by atoms with Crippen molar-refractivity contribution in [2.24, 2.45) is 4.99 Å². The van der Waals surface area contributed by atoms with Gasteiger partial charge in [0.1, 0.15) is 5.75 Å². The van der Waals surface area contributed by atoms with E-state index in [1.54, 1.807) is 0 Å². The van der Waals surface area contributed by atoms with Crippen molar-refractivity contribution in [3.63, 3.8) is 0 Å². The molecule has 1 aliphatic rings. The fourth-order valence-electron chi connectivity index (χ4n) is 3.94. The molecule has 0 radical (unpaired) electrons. The van der Waals surface area contributed by atoms with Crippen LogP contribution in [0.1, 0.15) is 35.0 Å². The van der Waals surface area contributed by atoms with Crippen LogP contribution in [0.4, 0.5) is 5.69 Å². The minimum absolute atomic E-state index is 0.121. The predicted molar refractivity (Wildman–Crippen MR) is 133 cm³/mol. The topological polar surface area (TPSA) is 55.6 Å². The first-order valence-electron chi connectivity index (χ1n) is 10.6. The molecule has 4 rings (SSSR count). The third-order valence-corrected chi connectivity index (χ3v) is 6.16. The van der Waals surface area contributed by atoms with Gasteiger partial charge < -0.3 is 14.6 Å². The molecule has 1 aromatic heterocycles. The van der Waals surface area contributed by atoms with Crippen LogP contribution in [0.25, 0.3) is 11.8 Å². The average molecular weight is 446 g/mol. The molecule has 1 aliphatic heterocycles. The van der Waals surface area contributed by atoms with E-state index in [0.717, 1.165) is 45.2 Å². The summed E-state index contributed by atoms with van der Waals surface area (Å²) < 4.78 is 7.74. The van der Waals surface area contributed by atoms with E-state index in [1.807, 2.05) is 63.2 Å². The van der Waals surface area contributed by atoms with E-state index in [1.165, 1.54) is 11.8 Å². The Kier molecular flexibility index (Phi) is 6.24. The maximum absolute atomic E-state index is 12.6. The van der Waals surface area contributed by atoms with E-state index in [0.29, 0.717) is 16.7 Å². The van der Waals surface area contributed by atoms with Crippen molar-refractivity contribution in [1.82, 2.24) is 9.88 Å². The number of ether oxygens (including phenoxy) is 1. The van der Waals surface area contributed by atoms with Gasteiger partial charge in [0.15, 0.2) is 5.17 Å². The molecule has 2 heterocycles. The van der Waals surface area contributed by atoms with E-state index in [2.05, 4.69) is 40.9 Å². The number of carbonyl (C=O) groups is 1. The van der Waals surface area contributed by atoms with Gasteiger partial charge in [-0.3, -0.25) is 4.79 Å². The number of benzene rings is 2. The van der Waals surface area contributed by atoms with Gasteiger partial charge in [0.2, 0.25) is 0 Å². The van der Waals surface area contributed by atoms with E-state index in [-0.39, 0.29) is 5.91 Å². The molecule has 1 saturated heterocycles. The summed E-state index contributed by atoms with van der Waals surface area (Å²) in [6.07, 6.45) is 1.94. The number of nitrogens with one attached hydrogen (secondary N) is 1. The number of amidine groups is 1. The number of rotatable bonds is 5. The van der Waals surface area contributed by atoms with E-state index in [9.17, 15) is 4.79 Å². The van der Waals surface area contributed by atoms with Crippen LogP contribution in [0, 0.1) is 27.7 Å². The summed E-state index contributed by atoms with van der Waals surface area (Å²) in [6, 6.07) is 16.3. The SMILES string of the molecule is CCOc1ccc(-n2c(C)cc(/C=C3\SC(=Nc4cc(C)cc(C)c4)NC3=O)c2C)cc1. The van der Waals surface area contributed by atoms with Crippen LogP contribution < -0.4 is 10.1 Å². The number of hydrogen-bond acceptors (Lipinski definition) is 4. The van der Waals surface area contributed by atoms with Crippen molar-refractivity contribution in [1.29, 1.82) is 0 Å². The van der Waals surface area contributed by atoms with Gasteiger partial charge in [-0.25, -0.2) is 4.99 Å². The quantitative estimate of drug-likeness (QED) is 0.490. The smallest absolute Gasteiger partial charge is 0.264 e. The number of amides is 1. The summed E-state index contributed by atoms with van der Waals surface area (Å²) in [4.78, 5) is 17.9. The molecule has 1 N–H and O–H groups in total. The molecule has 2 aromatic carbocycles. The molecular formula is C26H27N3O2S. The monoisotopic (exact) mass is 445 g/mol. The predicted octanol–water partition coefficient (Wildman–Crippen LogP) is 6.00. The Morgan fingerprint density at radius 1 is 1.03 bits per heavy atom. The zero-order chi connectivity index (χ0) is 22.8. The highest BCUT2D eigenvalue weighted by Crippen LogP contribution is 2.31. The van der Waals surface area contributed by atoms with E-state index < -0.39 is 0 Å². The van der Waals surface area contributed by atoms with Crippen LogP contribution in [0.3, 0.4) is 0 Å². The second-order valence-corrected chi connectivity index (χ2v) is 8.95. The van der Waals surface area contributed by atoms with Crippen LogP contribution in [-0.2, 0) is 4.79 Å². The van der Waals surface area contributed by atoms with Gasteiger partial charge >= 0.3 is 0 Å². The summed E-state index contributed by atoms with van der Waals surface area (Å²) >= 11 is 1.37. The Morgan fingerprint density at radius 3 is 2.38 bits per heavy atom. The lowest BCUT2D eigenvalue weighted by atomic mass is 10.1. The lowest BCUT2D eigenvalue weighted by Crippen LogP contribution is -2.19. The zero-order valence-electron chi connectivity index (χ0n) is 19.0. The summed E-state index contributed by atoms with van der Waals surface area (Å²) in [6.45, 7) is 10.8. The van der Waals surface area contributed by atoms with Crippen LogP contribution in [0.15, 0.2) is 58.4 Å². The van der Waals surface area contributed by atoms with E-state index in [4.69, 9.17) is 4.74 Å². The van der Waals surface area contributed by atoms with Gasteiger partial charge in [-0.2, -0.15) is 0 Å². The van der Waals surface area contributed by atoms with Crippen molar-refractivity contribution < 1.29 is 9.53 Å². The fraction of sp³-hybridized carbons (Fsp3) is 0.231. The molecule has 6 heteroatoms. The summed E-state index contributed by atoms with van der Waals surface area (Å²) in [5.41, 5.74) is 7.40. The minimum atomic E-state index is -0.121. The van der Waals surface area contributed by atoms with Crippen LogP contribution >= 0.6 is 11.8 Å². The van der Waals surface area contributed by atoms with Crippen molar-refractivity contribution >= 4 is 34.6 Å². The van der Waals surface area contributed by atoms with Gasteiger partial charge in [0.05, 0.1) is 17.2 Å². The first-order valence-corrected chi connectivity index (χ1v) is 11.5. The molecule has 0 unspecified atom stereocenters. The number of nitrogens with zero attached hydrogens (tertiary/aromatic N) is 2. The molecular weight excluding hydrogens is 418 g/mol. The Bertz CT molecular complexity index is 1220. The molecule has 1 amide bonds. The number of hydrogen-bond donors (Lipinski definition) is 1. The molecule has 3 aromatic rings. The maximum atomic E-state index is 12.6. The standard InChI is InChI=1S/C26H27N3O2S/c1-6-31-23-9-7-22(8-10-23)29-18(4)14-20(19(29)5)15-24-25(30)28-26(32-24)27-21-12-16(2)11-17(3)13-21/h7-15H,6H2,1-5H3,(H,27,28,30)/b24-15-. The van der Waals surface area contributed by atoms with Gasteiger partial charge in [-0.05, 0) is 112 Å². The number of thioether (sulfide) groups is 1. The lowest BCUT2D eigenvalue weighted by molar-refractivity contribution is -0.115. The van der Waals surface area contributed by atoms with Crippen LogP contribution in [0.2, 0.25) is 0 Å². The first kappa shape index (κ1) is 22.0. The molecule has 0 spiro atoms. The number of aromatic nitrogens is 1. The zero-order valence-corrected chi connectivity index (χ0v) is 19.8. The Morgan fingerprint density at radius 2 is 1.72 bits per heavy atom. The Hall–Kier alpha value is -3.25. The normalized spacial score (nSPS) is 16.1. The number of aliphatic imine (C=N–C) groups is 1. The third kappa shape index (κ3) is 4.65. The fourth-order valence-corrected chi connectivity index (χ4v) is 4.78. The molecule has 5 nitrogen and oxygen atoms in total. The largest absolute Gasteiger partial charge is 0.494 e. The number of carbonyl (C=O) groups excluding carboxylic acids is 1. The highest BCUT2D eigenvalue weighted by Gasteiger charge is 2.24. The summed E-state index contributed by atoms with van der Waals surface area (Å²) in [5, 5.41) is 3.49. The molecule has 0 atom stereocenters.